The van der Waals surface area contributed by atoms with E-state index in [-0.39, 0.29) is 25.9 Å². The molecule has 0 spiro atoms. The van der Waals surface area contributed by atoms with Gasteiger partial charge >= 0.3 is 18.0 Å². The van der Waals surface area contributed by atoms with Gasteiger partial charge in [0.05, 0.1) is 1.37 Å². The molecule has 1 rings (SSSR count). The second kappa shape index (κ2) is 8.57. The molecule has 1 atom stereocenters. The Morgan fingerprint density at radius 3 is 2.48 bits per heavy atom. The molecule has 0 fully saturated rings. The van der Waals surface area contributed by atoms with Crippen LogP contribution in [0.15, 0.2) is 30.3 Å². The van der Waals surface area contributed by atoms with Crippen molar-refractivity contribution in [3.8, 4) is 0 Å². The van der Waals surface area contributed by atoms with Crippen LogP contribution < -0.4 is 5.32 Å². The van der Waals surface area contributed by atoms with E-state index in [9.17, 15) is 14.4 Å². The number of hydrogen-bond donors (Lipinski definition) is 3. The Kier molecular flexibility index (Phi) is 6.05. The van der Waals surface area contributed by atoms with Crippen molar-refractivity contribution in [3.05, 3.63) is 35.9 Å². The van der Waals surface area contributed by atoms with Crippen molar-refractivity contribution < 1.29 is 30.7 Å². The first-order valence-electron chi connectivity index (χ1n) is 6.77. The van der Waals surface area contributed by atoms with Crippen molar-refractivity contribution in [1.82, 2.24) is 5.32 Å². The van der Waals surface area contributed by atoms with Crippen molar-refractivity contribution in [3.63, 3.8) is 0 Å². The van der Waals surface area contributed by atoms with Crippen molar-refractivity contribution in [2.24, 2.45) is 0 Å². The second-order valence-corrected chi connectivity index (χ2v) is 4.22. The number of carboxylic acids is 2. The van der Waals surface area contributed by atoms with Crippen LogP contribution in [0.3, 0.4) is 0 Å². The molecule has 0 heterocycles. The molecular formula is C14H17NO6. The van der Waals surface area contributed by atoms with E-state index in [1.165, 1.54) is 0 Å². The summed E-state index contributed by atoms with van der Waals surface area (Å²) >= 11 is 0. The number of amides is 1. The van der Waals surface area contributed by atoms with Crippen LogP contribution in [0.4, 0.5) is 4.79 Å². The van der Waals surface area contributed by atoms with Gasteiger partial charge in [0, 0.05) is 6.42 Å². The lowest BCUT2D eigenvalue weighted by Crippen LogP contribution is -2.41. The zero-order chi connectivity index (χ0) is 16.6. The summed E-state index contributed by atoms with van der Waals surface area (Å²) in [6.45, 7) is -0.0580. The maximum Gasteiger partial charge on any atom is 0.408 e. The number of aliphatic carboxylic acids is 2. The van der Waals surface area contributed by atoms with E-state index in [1.807, 2.05) is 5.32 Å². The van der Waals surface area contributed by atoms with Gasteiger partial charge in [-0.2, -0.15) is 0 Å². The molecule has 1 amide bonds. The van der Waals surface area contributed by atoms with Crippen molar-refractivity contribution in [2.45, 2.75) is 31.9 Å². The summed E-state index contributed by atoms with van der Waals surface area (Å²) in [6, 6.07) is 6.45. The van der Waals surface area contributed by atoms with Gasteiger partial charge in [0.25, 0.3) is 0 Å². The zero-order valence-electron chi connectivity index (χ0n) is 12.2. The predicted octanol–water partition coefficient (Wildman–Crippen LogP) is 1.62. The predicted molar refractivity (Wildman–Crippen MR) is 72.7 cm³/mol. The number of ether oxygens (including phenoxy) is 1. The van der Waals surface area contributed by atoms with Crippen molar-refractivity contribution in [1.29, 1.82) is 0 Å². The molecule has 0 saturated carbocycles. The van der Waals surface area contributed by atoms with E-state index in [0.29, 0.717) is 0 Å². The molecule has 7 heteroatoms. The third-order valence-corrected chi connectivity index (χ3v) is 2.54. The minimum Gasteiger partial charge on any atom is -0.481 e. The Bertz CT molecular complexity index is 535. The van der Waals surface area contributed by atoms with Crippen LogP contribution in [0.1, 0.15) is 26.2 Å². The summed E-state index contributed by atoms with van der Waals surface area (Å²) in [6.07, 6.45) is -1.72. The second-order valence-electron chi connectivity index (χ2n) is 4.22. The van der Waals surface area contributed by atoms with Gasteiger partial charge in [0.15, 0.2) is 0 Å². The molecular weight excluding hydrogens is 278 g/mol. The summed E-state index contributed by atoms with van der Waals surface area (Å²) in [5.41, 5.74) is 0.717. The van der Waals surface area contributed by atoms with Gasteiger partial charge in [-0.15, -0.1) is 0 Å². The normalized spacial score (nSPS) is 13.6. The SMILES string of the molecule is [2H]C(CCCC(=O)O)(NC(=O)OCc1ccccc1)C(=O)O. The van der Waals surface area contributed by atoms with Gasteiger partial charge < -0.3 is 20.3 Å². The molecule has 0 saturated heterocycles. The summed E-state index contributed by atoms with van der Waals surface area (Å²) < 4.78 is 12.6. The molecule has 0 aliphatic heterocycles. The average Bonchev–Trinajstić information content (AvgIpc) is 2.45. The molecule has 114 valence electrons. The van der Waals surface area contributed by atoms with Crippen LogP contribution >= 0.6 is 0 Å². The number of hydrogen-bond acceptors (Lipinski definition) is 4. The summed E-state index contributed by atoms with van der Waals surface area (Å²) in [5, 5.41) is 19.5. The maximum atomic E-state index is 11.6. The minimum absolute atomic E-state index is 0.0515. The van der Waals surface area contributed by atoms with Gasteiger partial charge in [-0.25, -0.2) is 9.59 Å². The first-order chi connectivity index (χ1) is 10.3. The van der Waals surface area contributed by atoms with Crippen LogP contribution in [-0.2, 0) is 20.9 Å². The number of carbonyl (C=O) groups excluding carboxylic acids is 1. The highest BCUT2D eigenvalue weighted by Gasteiger charge is 2.20. The first kappa shape index (κ1) is 14.8. The van der Waals surface area contributed by atoms with Gasteiger partial charge in [-0.3, -0.25) is 4.79 Å². The highest BCUT2D eigenvalue weighted by atomic mass is 16.5. The number of rotatable bonds is 8. The third-order valence-electron chi connectivity index (χ3n) is 2.54. The molecule has 1 aromatic carbocycles. The van der Waals surface area contributed by atoms with Gasteiger partial charge in [-0.1, -0.05) is 30.3 Å². The van der Waals surface area contributed by atoms with Gasteiger partial charge in [-0.05, 0) is 18.4 Å². The van der Waals surface area contributed by atoms with Crippen LogP contribution in [-0.4, -0.2) is 34.3 Å². The van der Waals surface area contributed by atoms with Gasteiger partial charge in [0.2, 0.25) is 0 Å². The Hall–Kier alpha value is -2.57. The highest BCUT2D eigenvalue weighted by Crippen LogP contribution is 2.04. The lowest BCUT2D eigenvalue weighted by Gasteiger charge is -2.14. The summed E-state index contributed by atoms with van der Waals surface area (Å²) in [7, 11) is 0. The van der Waals surface area contributed by atoms with Crippen LogP contribution in [0, 0.1) is 0 Å². The van der Waals surface area contributed by atoms with Crippen LogP contribution in [0.5, 0.6) is 0 Å². The van der Waals surface area contributed by atoms with Gasteiger partial charge in [0.1, 0.15) is 12.6 Å². The van der Waals surface area contributed by atoms with E-state index < -0.39 is 24.0 Å². The Labute approximate surface area is 122 Å². The van der Waals surface area contributed by atoms with Crippen molar-refractivity contribution in [2.75, 3.05) is 0 Å². The Balaban J connectivity index is 2.52. The standard InChI is InChI=1S/C14H17NO6/c16-12(17)8-4-7-11(13(18)19)15-14(20)21-9-10-5-2-1-3-6-10/h1-3,5-6,11H,4,7-9H2,(H,15,20)(H,16,17)(H,18,19)/i11D. The third kappa shape index (κ3) is 6.95. The molecule has 3 N–H and O–H groups in total. The molecule has 1 aromatic rings. The molecule has 1 unspecified atom stereocenters. The van der Waals surface area contributed by atoms with Crippen LogP contribution in [0.2, 0.25) is 0 Å². The molecule has 0 bridgehead atoms. The Morgan fingerprint density at radius 2 is 1.90 bits per heavy atom. The van der Waals surface area contributed by atoms with E-state index in [2.05, 4.69) is 0 Å². The quantitative estimate of drug-likeness (QED) is 0.672. The zero-order valence-corrected chi connectivity index (χ0v) is 11.2. The fraction of sp³-hybridized carbons (Fsp3) is 0.357. The average molecular weight is 296 g/mol. The molecule has 0 aliphatic rings. The Morgan fingerprint density at radius 1 is 1.24 bits per heavy atom. The van der Waals surface area contributed by atoms with Crippen LogP contribution in [0.25, 0.3) is 0 Å². The maximum absolute atomic E-state index is 11.6. The first-order valence-corrected chi connectivity index (χ1v) is 6.27. The molecule has 21 heavy (non-hydrogen) atoms. The van der Waals surface area contributed by atoms with Crippen molar-refractivity contribution >= 4 is 18.0 Å². The van der Waals surface area contributed by atoms with E-state index in [4.69, 9.17) is 16.3 Å². The number of carboxylic acid groups (broad SMARTS) is 2. The fourth-order valence-corrected chi connectivity index (χ4v) is 1.52. The summed E-state index contributed by atoms with van der Waals surface area (Å²) in [5.74, 6) is -2.67. The molecule has 0 radical (unpaired) electrons. The van der Waals surface area contributed by atoms with E-state index in [1.54, 1.807) is 30.3 Å². The minimum atomic E-state index is -2.32. The highest BCUT2D eigenvalue weighted by molar-refractivity contribution is 5.79. The lowest BCUT2D eigenvalue weighted by atomic mass is 10.1. The lowest BCUT2D eigenvalue weighted by molar-refractivity contribution is -0.141. The van der Waals surface area contributed by atoms with E-state index in [0.717, 1.165) is 5.56 Å². The largest absolute Gasteiger partial charge is 0.481 e. The smallest absolute Gasteiger partial charge is 0.408 e. The molecule has 0 aromatic heterocycles. The number of carbonyl (C=O) groups is 3. The summed E-state index contributed by atoms with van der Waals surface area (Å²) in [4.78, 5) is 33.1. The number of benzene rings is 1. The molecule has 7 nitrogen and oxygen atoms in total. The van der Waals surface area contributed by atoms with E-state index >= 15 is 0 Å². The fourth-order valence-electron chi connectivity index (χ4n) is 1.52. The number of alkyl carbamates (subject to hydrolysis) is 1. The number of nitrogens with one attached hydrogen (secondary N) is 1. The monoisotopic (exact) mass is 296 g/mol. The topological polar surface area (TPSA) is 113 Å². The molecule has 0 aliphatic carbocycles.